The van der Waals surface area contributed by atoms with Gasteiger partial charge in [-0.05, 0) is 119 Å². The summed E-state index contributed by atoms with van der Waals surface area (Å²) in [7, 11) is 11.8. The fraction of sp³-hybridized carbons (Fsp3) is 0.671. The molecule has 0 bridgehead atoms. The Kier molecular flexibility index (Phi) is 28.3. The number of aryl methyl sites for hydroxylation is 2. The second-order valence-electron chi connectivity index (χ2n) is 29.4. The Morgan fingerprint density at radius 2 is 1.31 bits per heavy atom. The Morgan fingerprint density at radius 3 is 1.89 bits per heavy atom. The van der Waals surface area contributed by atoms with Crippen molar-refractivity contribution in [3.8, 4) is 0 Å². The van der Waals surface area contributed by atoms with Gasteiger partial charge < -0.3 is 60.0 Å². The van der Waals surface area contributed by atoms with Gasteiger partial charge in [-0.1, -0.05) is 107 Å². The van der Waals surface area contributed by atoms with E-state index < -0.39 is 160 Å². The molecule has 12 amide bonds. The Bertz CT molecular complexity index is 3410. The standard InChI is InChI=1S/C73H106ClF3N12O12S/c1-15-45(5)60-69(99)83(10)46(6)64(94)89-36-32-54(89)68(98)85(12)56(39-48-26-24-44(4)25-27-48)67(97)82(9)40-58(90)78-52(31-29-47-28-30-50(51(74)38-47)73(75,76)77)65(95)88-35-20-23-53(88)63(93)80-72(33-18-19-34-72)71(101)87(14)61(49-21-16-17-22-49)70(100)86(13)57(66(96)81(7)8)41-102-42-59(91)84(11)55(37-43(2)3)62(92)79-60/h24-28,30,38,43,45-46,49,52-57,60-61H,15-23,29,31-37,39-42H2,1-14H3,(H,78,90)(H,79,92)(H,80,93)/t45-,46-,52-,53-,54-,55-,56-,57+,60-,61-/m0/s1. The number of amides is 12. The van der Waals surface area contributed by atoms with Gasteiger partial charge in [0, 0.05) is 81.6 Å². The molecule has 29 heteroatoms. The minimum atomic E-state index is -4.77. The van der Waals surface area contributed by atoms with Crippen LogP contribution in [0.4, 0.5) is 13.2 Å². The van der Waals surface area contributed by atoms with E-state index in [1.807, 2.05) is 39.8 Å². The number of nitrogens with zero attached hydrogens (tertiary/aromatic N) is 9. The lowest BCUT2D eigenvalue weighted by Gasteiger charge is -2.45. The van der Waals surface area contributed by atoms with Gasteiger partial charge in [-0.25, -0.2) is 0 Å². The van der Waals surface area contributed by atoms with Crippen molar-refractivity contribution in [2.45, 2.75) is 210 Å². The van der Waals surface area contributed by atoms with Crippen LogP contribution in [-0.2, 0) is 76.6 Å². The van der Waals surface area contributed by atoms with Crippen LogP contribution < -0.4 is 16.0 Å². The highest BCUT2D eigenvalue weighted by molar-refractivity contribution is 8.00. The third-order valence-corrected chi connectivity index (χ3v) is 22.9. The molecule has 102 heavy (non-hydrogen) atoms. The third kappa shape index (κ3) is 19.3. The van der Waals surface area contributed by atoms with E-state index in [1.54, 1.807) is 33.2 Å². The molecule has 24 nitrogen and oxygen atoms in total. The first-order chi connectivity index (χ1) is 47.9. The number of thioether (sulfide) groups is 1. The molecule has 5 aliphatic rings. The third-order valence-electron chi connectivity index (χ3n) is 21.6. The smallest absolute Gasteiger partial charge is 0.347 e. The molecule has 3 heterocycles. The van der Waals surface area contributed by atoms with Crippen LogP contribution in [0, 0.1) is 24.7 Å². The lowest BCUT2D eigenvalue weighted by Crippen LogP contribution is -2.65. The van der Waals surface area contributed by atoms with Crippen molar-refractivity contribution in [1.82, 2.24) is 60.0 Å². The van der Waals surface area contributed by atoms with E-state index in [-0.39, 0.29) is 93.4 Å². The number of rotatable bonds is 11. The van der Waals surface area contributed by atoms with Gasteiger partial charge in [-0.2, -0.15) is 13.2 Å². The fourth-order valence-electron chi connectivity index (χ4n) is 14.7. The Labute approximate surface area is 607 Å². The van der Waals surface area contributed by atoms with Gasteiger partial charge in [0.1, 0.15) is 59.9 Å². The molecule has 2 aromatic rings. The molecular weight excluding hydrogens is 1360 g/mol. The maximum absolute atomic E-state index is 15.5. The Balaban J connectivity index is 1.27. The van der Waals surface area contributed by atoms with Crippen LogP contribution in [-0.4, -0.2) is 262 Å². The molecule has 0 unspecified atom stereocenters. The molecule has 3 aliphatic heterocycles. The van der Waals surface area contributed by atoms with Crippen LogP contribution in [0.5, 0.6) is 0 Å². The lowest BCUT2D eigenvalue weighted by atomic mass is 9.90. The monoisotopic (exact) mass is 1470 g/mol. The summed E-state index contributed by atoms with van der Waals surface area (Å²) in [5.41, 5.74) is -0.763. The van der Waals surface area contributed by atoms with Crippen LogP contribution in [0.1, 0.15) is 147 Å². The van der Waals surface area contributed by atoms with Gasteiger partial charge in [0.2, 0.25) is 70.9 Å². The first-order valence-corrected chi connectivity index (χ1v) is 37.3. The average Bonchev–Trinajstić information content (AvgIpc) is 1.45. The highest BCUT2D eigenvalue weighted by Crippen LogP contribution is 2.39. The second kappa shape index (κ2) is 35.3. The highest BCUT2D eigenvalue weighted by atomic mass is 35.5. The van der Waals surface area contributed by atoms with Gasteiger partial charge >= 0.3 is 6.18 Å². The summed E-state index contributed by atoms with van der Waals surface area (Å²) in [6.07, 6.45) is 0.276. The van der Waals surface area contributed by atoms with Crippen molar-refractivity contribution < 1.29 is 70.7 Å². The normalized spacial score (nSPS) is 26.6. The quantitative estimate of drug-likeness (QED) is 0.249. The van der Waals surface area contributed by atoms with Gasteiger partial charge in [0.15, 0.2) is 0 Å². The molecule has 2 aromatic carbocycles. The second-order valence-corrected chi connectivity index (χ2v) is 30.8. The number of alkyl halides is 3. The van der Waals surface area contributed by atoms with Crippen molar-refractivity contribution >= 4 is 94.2 Å². The number of fused-ring (bicyclic) bond motifs is 2. The molecule has 0 aromatic heterocycles. The number of carbonyl (C=O) groups is 12. The van der Waals surface area contributed by atoms with Crippen molar-refractivity contribution in [2.75, 3.05) is 87.5 Å². The summed E-state index contributed by atoms with van der Waals surface area (Å²) >= 11 is 7.24. The summed E-state index contributed by atoms with van der Waals surface area (Å²) in [5.74, 6) is -8.56. The van der Waals surface area contributed by atoms with Crippen LogP contribution in [0.15, 0.2) is 42.5 Å². The van der Waals surface area contributed by atoms with E-state index in [4.69, 9.17) is 11.6 Å². The molecule has 5 fully saturated rings. The molecule has 2 saturated carbocycles. The molecule has 3 saturated heterocycles. The van der Waals surface area contributed by atoms with Crippen molar-refractivity contribution in [2.24, 2.45) is 17.8 Å². The van der Waals surface area contributed by atoms with Gasteiger partial charge in [-0.3, -0.25) is 57.5 Å². The first kappa shape index (κ1) is 81.8. The molecular formula is C73H106ClF3N12O12S. The van der Waals surface area contributed by atoms with E-state index in [9.17, 15) is 46.7 Å². The van der Waals surface area contributed by atoms with Crippen LogP contribution in [0.3, 0.4) is 0 Å². The number of hydrogen-bond donors (Lipinski definition) is 3. The van der Waals surface area contributed by atoms with E-state index in [0.717, 1.165) is 47.2 Å². The van der Waals surface area contributed by atoms with Gasteiger partial charge in [-0.15, -0.1) is 11.8 Å². The summed E-state index contributed by atoms with van der Waals surface area (Å²) < 4.78 is 41.7. The molecule has 7 rings (SSSR count). The van der Waals surface area contributed by atoms with Crippen molar-refractivity contribution in [3.63, 3.8) is 0 Å². The highest BCUT2D eigenvalue weighted by Gasteiger charge is 2.52. The zero-order valence-corrected chi connectivity index (χ0v) is 63.2. The number of benzene rings is 2. The average molecular weight is 1470 g/mol. The number of hydrogen-bond acceptors (Lipinski definition) is 13. The molecule has 2 aliphatic carbocycles. The minimum absolute atomic E-state index is 0.0303. The maximum atomic E-state index is 15.5. The summed E-state index contributed by atoms with van der Waals surface area (Å²) in [6, 6.07) is -0.250. The Morgan fingerprint density at radius 1 is 0.686 bits per heavy atom. The number of nitrogens with one attached hydrogen (secondary N) is 3. The predicted octanol–water partition coefficient (Wildman–Crippen LogP) is 5.56. The van der Waals surface area contributed by atoms with Gasteiger partial charge in [0.25, 0.3) is 0 Å². The molecule has 564 valence electrons. The van der Waals surface area contributed by atoms with Crippen LogP contribution >= 0.6 is 23.4 Å². The van der Waals surface area contributed by atoms with E-state index in [1.165, 1.54) is 94.5 Å². The summed E-state index contributed by atoms with van der Waals surface area (Å²) in [4.78, 5) is 190. The number of halogens is 4. The Hall–Kier alpha value is -7.49. The zero-order chi connectivity index (χ0) is 75.6. The fourth-order valence-corrected chi connectivity index (χ4v) is 16.1. The summed E-state index contributed by atoms with van der Waals surface area (Å²) in [6.45, 7) is 10.3. The minimum Gasteiger partial charge on any atom is -0.347 e. The number of carbonyl (C=O) groups excluding carboxylic acids is 12. The maximum Gasteiger partial charge on any atom is 0.417 e. The SMILES string of the molecule is CC[C@H](C)[C@@H]1NC(=O)[C@H](CC(C)C)N(C)C(=O)CSC[C@H](C(=O)N(C)C)N(C)C(=O)[C@H](C2CCCC2)N(C)C(=O)C2(CCCC2)NC(=O)[C@@H]2CCCN2C(=O)[C@H](CCc2ccc(C(F)(F)F)c(Cl)c2)NC(=O)CN(C)C(=O)[C@H](Cc2ccc(C)cc2)N(C)C(=O)[C@@H]2CCN2C(=O)[C@H](C)N(C)C1=O. The topological polar surface area (TPSA) is 270 Å². The van der Waals surface area contributed by atoms with Crippen LogP contribution in [0.2, 0.25) is 5.02 Å². The van der Waals surface area contributed by atoms with E-state index in [0.29, 0.717) is 44.1 Å². The van der Waals surface area contributed by atoms with E-state index in [2.05, 4.69) is 16.0 Å². The van der Waals surface area contributed by atoms with Crippen molar-refractivity contribution in [3.05, 3.63) is 69.7 Å². The molecule has 1 spiro atoms. The van der Waals surface area contributed by atoms with E-state index >= 15 is 24.0 Å². The predicted molar refractivity (Wildman–Crippen MR) is 381 cm³/mol. The zero-order valence-electron chi connectivity index (χ0n) is 61.7. The van der Waals surface area contributed by atoms with Crippen molar-refractivity contribution in [1.29, 1.82) is 0 Å². The molecule has 3 N–H and O–H groups in total. The summed E-state index contributed by atoms with van der Waals surface area (Å²) in [5, 5.41) is 8.16. The lowest BCUT2D eigenvalue weighted by molar-refractivity contribution is -0.160. The first-order valence-electron chi connectivity index (χ1n) is 35.8. The van der Waals surface area contributed by atoms with Crippen LogP contribution in [0.25, 0.3) is 0 Å². The number of likely N-dealkylation sites (N-methyl/N-ethyl adjacent to an activating group) is 7. The van der Waals surface area contributed by atoms with Gasteiger partial charge in [0.05, 0.1) is 22.9 Å². The molecule has 0 radical (unpaired) electrons. The largest absolute Gasteiger partial charge is 0.417 e. The molecule has 10 atom stereocenters.